The van der Waals surface area contributed by atoms with E-state index in [1.165, 1.54) is 11.1 Å². The second-order valence-electron chi connectivity index (χ2n) is 8.34. The van der Waals surface area contributed by atoms with Crippen molar-refractivity contribution in [1.82, 2.24) is 15.0 Å². The maximum atomic E-state index is 6.07. The highest BCUT2D eigenvalue weighted by atomic mass is 16.5. The van der Waals surface area contributed by atoms with Crippen molar-refractivity contribution in [2.45, 2.75) is 58.6 Å². The third kappa shape index (κ3) is 5.11. The van der Waals surface area contributed by atoms with Crippen molar-refractivity contribution in [2.75, 3.05) is 26.3 Å². The van der Waals surface area contributed by atoms with E-state index in [4.69, 9.17) is 14.0 Å². The van der Waals surface area contributed by atoms with Crippen molar-refractivity contribution in [3.63, 3.8) is 0 Å². The fourth-order valence-electron chi connectivity index (χ4n) is 3.97. The van der Waals surface area contributed by atoms with Crippen molar-refractivity contribution in [1.29, 1.82) is 0 Å². The summed E-state index contributed by atoms with van der Waals surface area (Å²) in [6.45, 7) is 8.97. The molecule has 3 heterocycles. The highest BCUT2D eigenvalue weighted by molar-refractivity contribution is 5.39. The number of rotatable bonds is 8. The number of aromatic nitrogens is 2. The molecule has 0 amide bonds. The van der Waals surface area contributed by atoms with Crippen LogP contribution in [0.3, 0.4) is 0 Å². The van der Waals surface area contributed by atoms with Crippen molar-refractivity contribution in [3.05, 3.63) is 41.0 Å². The van der Waals surface area contributed by atoms with Crippen LogP contribution in [0.15, 0.2) is 22.7 Å². The van der Waals surface area contributed by atoms with Gasteiger partial charge in [-0.2, -0.15) is 4.98 Å². The van der Waals surface area contributed by atoms with Gasteiger partial charge < -0.3 is 14.0 Å². The third-order valence-electron chi connectivity index (χ3n) is 5.47. The fourth-order valence-corrected chi connectivity index (χ4v) is 3.97. The predicted octanol–water partition coefficient (Wildman–Crippen LogP) is 3.43. The molecule has 1 fully saturated rings. The first-order valence-electron chi connectivity index (χ1n) is 10.6. The lowest BCUT2D eigenvalue weighted by atomic mass is 10.0. The van der Waals surface area contributed by atoms with E-state index in [1.807, 2.05) is 0 Å². The largest absolute Gasteiger partial charge is 0.493 e. The Balaban J connectivity index is 1.16. The second-order valence-corrected chi connectivity index (χ2v) is 8.34. The summed E-state index contributed by atoms with van der Waals surface area (Å²) < 4.78 is 17.0. The van der Waals surface area contributed by atoms with Gasteiger partial charge in [-0.3, -0.25) is 4.90 Å². The predicted molar refractivity (Wildman–Crippen MR) is 106 cm³/mol. The maximum absolute atomic E-state index is 6.07. The van der Waals surface area contributed by atoms with Gasteiger partial charge >= 0.3 is 0 Å². The average molecular weight is 386 g/mol. The van der Waals surface area contributed by atoms with Gasteiger partial charge in [0.2, 0.25) is 5.89 Å². The van der Waals surface area contributed by atoms with Gasteiger partial charge in [-0.15, -0.1) is 0 Å². The van der Waals surface area contributed by atoms with Crippen molar-refractivity contribution >= 4 is 0 Å². The van der Waals surface area contributed by atoms with Crippen LogP contribution in [-0.4, -0.2) is 47.4 Å². The molecule has 0 spiro atoms. The van der Waals surface area contributed by atoms with E-state index in [1.54, 1.807) is 0 Å². The molecule has 2 aliphatic rings. The number of hydrogen-bond acceptors (Lipinski definition) is 6. The van der Waals surface area contributed by atoms with Crippen LogP contribution in [0.2, 0.25) is 0 Å². The molecule has 0 atom stereocenters. The number of ether oxygens (including phenoxy) is 2. The van der Waals surface area contributed by atoms with Crippen LogP contribution >= 0.6 is 0 Å². The normalized spacial score (nSPS) is 17.8. The number of hydrogen-bond donors (Lipinski definition) is 0. The Hall–Kier alpha value is -1.92. The maximum Gasteiger partial charge on any atom is 0.226 e. The first kappa shape index (κ1) is 19.4. The molecule has 2 aliphatic heterocycles. The lowest BCUT2D eigenvalue weighted by Crippen LogP contribution is -2.36. The van der Waals surface area contributed by atoms with E-state index in [2.05, 4.69) is 47.1 Å². The molecule has 6 heteroatoms. The molecule has 1 saturated heterocycles. The van der Waals surface area contributed by atoms with Gasteiger partial charge in [0, 0.05) is 38.9 Å². The van der Waals surface area contributed by atoms with E-state index >= 15 is 0 Å². The average Bonchev–Trinajstić information content (AvgIpc) is 3.31. The molecule has 0 unspecified atom stereocenters. The summed E-state index contributed by atoms with van der Waals surface area (Å²) in [6.07, 6.45) is 5.10. The van der Waals surface area contributed by atoms with Gasteiger partial charge in [0.25, 0.3) is 0 Å². The first-order valence-corrected chi connectivity index (χ1v) is 10.6. The number of benzene rings is 1. The highest BCUT2D eigenvalue weighted by Crippen LogP contribution is 2.27. The lowest BCUT2D eigenvalue weighted by molar-refractivity contribution is 0.00676. The fraction of sp³-hybridized carbons (Fsp3) is 0.636. The van der Waals surface area contributed by atoms with E-state index in [-0.39, 0.29) is 0 Å². The number of fused-ring (bicyclic) bond motifs is 1. The summed E-state index contributed by atoms with van der Waals surface area (Å²) in [5.74, 6) is 3.08. The van der Waals surface area contributed by atoms with Crippen LogP contribution in [0, 0.1) is 5.92 Å². The van der Waals surface area contributed by atoms with Gasteiger partial charge in [0.05, 0.1) is 19.3 Å². The van der Waals surface area contributed by atoms with Gasteiger partial charge in [-0.05, 0) is 36.0 Å². The van der Waals surface area contributed by atoms with Crippen LogP contribution in [0.1, 0.15) is 49.5 Å². The van der Waals surface area contributed by atoms with Crippen LogP contribution in [-0.2, 0) is 30.5 Å². The Morgan fingerprint density at radius 3 is 2.93 bits per heavy atom. The monoisotopic (exact) mass is 385 g/mol. The van der Waals surface area contributed by atoms with Crippen LogP contribution in [0.4, 0.5) is 0 Å². The van der Waals surface area contributed by atoms with E-state index < -0.39 is 0 Å². The van der Waals surface area contributed by atoms with E-state index in [0.717, 1.165) is 75.8 Å². The SMILES string of the molecule is CC(C)Cc1nc(CCOC2CCN(Cc3ccc4c(c3)CCO4)CC2)no1. The molecule has 2 aromatic rings. The zero-order chi connectivity index (χ0) is 19.3. The molecule has 6 nitrogen and oxygen atoms in total. The summed E-state index contributed by atoms with van der Waals surface area (Å²) in [6, 6.07) is 6.63. The molecule has 0 bridgehead atoms. The quantitative estimate of drug-likeness (QED) is 0.694. The van der Waals surface area contributed by atoms with Crippen molar-refractivity contribution < 1.29 is 14.0 Å². The molecule has 4 rings (SSSR count). The molecule has 28 heavy (non-hydrogen) atoms. The summed E-state index contributed by atoms with van der Waals surface area (Å²) in [7, 11) is 0. The number of likely N-dealkylation sites (tertiary alicyclic amines) is 1. The minimum Gasteiger partial charge on any atom is -0.493 e. The Morgan fingerprint density at radius 1 is 1.25 bits per heavy atom. The standard InChI is InChI=1S/C22H31N3O3/c1-16(2)13-22-23-21(24-28-22)8-12-26-19-5-9-25(10-6-19)15-17-3-4-20-18(14-17)7-11-27-20/h3-4,14,16,19H,5-13,15H2,1-2H3. The zero-order valence-corrected chi connectivity index (χ0v) is 17.0. The van der Waals surface area contributed by atoms with E-state index in [9.17, 15) is 0 Å². The molecular formula is C22H31N3O3. The summed E-state index contributed by atoms with van der Waals surface area (Å²) in [5, 5.41) is 4.05. The number of piperidine rings is 1. The second kappa shape index (κ2) is 9.05. The van der Waals surface area contributed by atoms with Crippen LogP contribution < -0.4 is 4.74 Å². The molecule has 0 N–H and O–H groups in total. The minimum atomic E-state index is 0.340. The molecule has 0 aliphatic carbocycles. The Labute approximate surface area is 167 Å². The van der Waals surface area contributed by atoms with Gasteiger partial charge in [0.15, 0.2) is 5.82 Å². The van der Waals surface area contributed by atoms with Crippen molar-refractivity contribution in [2.24, 2.45) is 5.92 Å². The molecule has 152 valence electrons. The van der Waals surface area contributed by atoms with E-state index in [0.29, 0.717) is 18.6 Å². The first-order chi connectivity index (χ1) is 13.7. The molecule has 0 saturated carbocycles. The van der Waals surface area contributed by atoms with Gasteiger partial charge in [-0.25, -0.2) is 0 Å². The summed E-state index contributed by atoms with van der Waals surface area (Å²) in [5.41, 5.74) is 2.74. The van der Waals surface area contributed by atoms with Gasteiger partial charge in [0.1, 0.15) is 5.75 Å². The smallest absolute Gasteiger partial charge is 0.226 e. The topological polar surface area (TPSA) is 60.6 Å². The van der Waals surface area contributed by atoms with Crippen molar-refractivity contribution in [3.8, 4) is 5.75 Å². The molecule has 1 aromatic carbocycles. The molecule has 0 radical (unpaired) electrons. The molecular weight excluding hydrogens is 354 g/mol. The molecule has 1 aromatic heterocycles. The Kier molecular flexibility index (Phi) is 6.27. The Morgan fingerprint density at radius 2 is 2.11 bits per heavy atom. The number of nitrogens with zero attached hydrogens (tertiary/aromatic N) is 3. The minimum absolute atomic E-state index is 0.340. The summed E-state index contributed by atoms with van der Waals surface area (Å²) in [4.78, 5) is 6.96. The van der Waals surface area contributed by atoms with Crippen LogP contribution in [0.5, 0.6) is 5.75 Å². The third-order valence-corrected chi connectivity index (χ3v) is 5.47. The zero-order valence-electron chi connectivity index (χ0n) is 17.0. The Bertz CT molecular complexity index is 766. The van der Waals surface area contributed by atoms with Gasteiger partial charge in [-0.1, -0.05) is 31.1 Å². The van der Waals surface area contributed by atoms with Crippen LogP contribution in [0.25, 0.3) is 0 Å². The highest BCUT2D eigenvalue weighted by Gasteiger charge is 2.21. The summed E-state index contributed by atoms with van der Waals surface area (Å²) >= 11 is 0. The lowest BCUT2D eigenvalue weighted by Gasteiger charge is -2.32.